The molecule has 7 heteroatoms. The van der Waals surface area contributed by atoms with Gasteiger partial charge in [-0.05, 0) is 30.9 Å². The van der Waals surface area contributed by atoms with Crippen molar-refractivity contribution in [3.63, 3.8) is 0 Å². The van der Waals surface area contributed by atoms with Gasteiger partial charge in [0.15, 0.2) is 0 Å². The first-order chi connectivity index (χ1) is 14.9. The highest BCUT2D eigenvalue weighted by Crippen LogP contribution is 2.08. The third-order valence-electron chi connectivity index (χ3n) is 4.76. The Kier molecular flexibility index (Phi) is 10.1. The topological polar surface area (TPSA) is 111 Å². The fourth-order valence-electron chi connectivity index (χ4n) is 3.12. The number of primary amides is 1. The first-order valence-corrected chi connectivity index (χ1v) is 10.5. The number of amides is 3. The lowest BCUT2D eigenvalue weighted by atomic mass is 10.0. The maximum atomic E-state index is 12.2. The smallest absolute Gasteiger partial charge is 0.407 e. The van der Waals surface area contributed by atoms with Crippen LogP contribution < -0.4 is 16.4 Å². The van der Waals surface area contributed by atoms with Crippen molar-refractivity contribution < 1.29 is 19.1 Å². The van der Waals surface area contributed by atoms with E-state index in [1.807, 2.05) is 61.5 Å². The maximum absolute atomic E-state index is 12.2. The third-order valence-corrected chi connectivity index (χ3v) is 4.76. The van der Waals surface area contributed by atoms with Gasteiger partial charge in [-0.25, -0.2) is 4.79 Å². The zero-order chi connectivity index (χ0) is 22.5. The van der Waals surface area contributed by atoms with E-state index in [9.17, 15) is 14.4 Å². The summed E-state index contributed by atoms with van der Waals surface area (Å²) in [6, 6.07) is 16.5. The van der Waals surface area contributed by atoms with Crippen LogP contribution in [0.3, 0.4) is 0 Å². The van der Waals surface area contributed by atoms with Crippen LogP contribution in [0.5, 0.6) is 0 Å². The Bertz CT molecular complexity index is 855. The molecular formula is C24H31N3O4. The number of nitrogens with one attached hydrogen (secondary N) is 2. The molecule has 0 aliphatic heterocycles. The van der Waals surface area contributed by atoms with Gasteiger partial charge in [-0.1, -0.05) is 66.6 Å². The second-order valence-corrected chi connectivity index (χ2v) is 7.51. The van der Waals surface area contributed by atoms with E-state index in [0.29, 0.717) is 25.8 Å². The molecular weight excluding hydrogens is 394 g/mol. The molecule has 0 saturated heterocycles. The van der Waals surface area contributed by atoms with E-state index in [0.717, 1.165) is 29.5 Å². The molecule has 2 rings (SSSR count). The van der Waals surface area contributed by atoms with Gasteiger partial charge in [-0.15, -0.1) is 0 Å². The number of rotatable bonds is 12. The summed E-state index contributed by atoms with van der Waals surface area (Å²) < 4.78 is 5.14. The van der Waals surface area contributed by atoms with Gasteiger partial charge in [0.25, 0.3) is 0 Å². The lowest BCUT2D eigenvalue weighted by Crippen LogP contribution is -2.45. The molecule has 1 atom stereocenters. The van der Waals surface area contributed by atoms with Gasteiger partial charge in [0, 0.05) is 19.4 Å². The lowest BCUT2D eigenvalue weighted by molar-refractivity contribution is -0.127. The van der Waals surface area contributed by atoms with Gasteiger partial charge in [0.05, 0.1) is 0 Å². The average Bonchev–Trinajstić information content (AvgIpc) is 2.75. The van der Waals surface area contributed by atoms with Crippen LogP contribution in [0.25, 0.3) is 0 Å². The number of carbonyl (C=O) groups is 3. The Labute approximate surface area is 183 Å². The van der Waals surface area contributed by atoms with Crippen molar-refractivity contribution in [3.05, 3.63) is 71.3 Å². The van der Waals surface area contributed by atoms with Crippen molar-refractivity contribution in [2.75, 3.05) is 6.54 Å². The van der Waals surface area contributed by atoms with Crippen molar-refractivity contribution in [2.45, 2.75) is 51.7 Å². The number of hydrogen-bond acceptors (Lipinski definition) is 4. The highest BCUT2D eigenvalue weighted by Gasteiger charge is 2.18. The van der Waals surface area contributed by atoms with E-state index >= 15 is 0 Å². The molecule has 166 valence electrons. The summed E-state index contributed by atoms with van der Waals surface area (Å²) in [5, 5.41) is 5.42. The summed E-state index contributed by atoms with van der Waals surface area (Å²) in [6.07, 6.45) is 2.37. The molecule has 0 heterocycles. The first-order valence-electron chi connectivity index (χ1n) is 10.5. The molecule has 0 spiro atoms. The minimum Gasteiger partial charge on any atom is -0.445 e. The molecule has 31 heavy (non-hydrogen) atoms. The van der Waals surface area contributed by atoms with Crippen LogP contribution in [0.2, 0.25) is 0 Å². The fourth-order valence-corrected chi connectivity index (χ4v) is 3.12. The number of hydrogen-bond donors (Lipinski definition) is 3. The monoisotopic (exact) mass is 425 g/mol. The standard InChI is InChI=1S/C24H31N3O4/c1-18-9-8-12-20(15-18)16-21(23(25)29)27-22(28)13-6-3-7-14-26-24(30)31-17-19-10-4-2-5-11-19/h2,4-5,8-12,15,21H,3,6-7,13-14,16-17H2,1H3,(H2,25,29)(H,26,30)(H,27,28)/t21-/m0/s1. The molecule has 0 radical (unpaired) electrons. The Morgan fingerprint density at radius 3 is 2.42 bits per heavy atom. The number of alkyl carbamates (subject to hydrolysis) is 1. The van der Waals surface area contributed by atoms with Gasteiger partial charge in [0.2, 0.25) is 11.8 Å². The van der Waals surface area contributed by atoms with Gasteiger partial charge in [-0.3, -0.25) is 9.59 Å². The Hall–Kier alpha value is -3.35. The number of nitrogens with two attached hydrogens (primary N) is 1. The number of unbranched alkanes of at least 4 members (excludes halogenated alkanes) is 2. The predicted octanol–water partition coefficient (Wildman–Crippen LogP) is 2.99. The van der Waals surface area contributed by atoms with Crippen molar-refractivity contribution in [3.8, 4) is 0 Å². The zero-order valence-electron chi connectivity index (χ0n) is 17.9. The second kappa shape index (κ2) is 13.1. The Morgan fingerprint density at radius 1 is 0.968 bits per heavy atom. The molecule has 0 aliphatic rings. The Morgan fingerprint density at radius 2 is 1.71 bits per heavy atom. The lowest BCUT2D eigenvalue weighted by Gasteiger charge is -2.16. The Balaban J connectivity index is 1.58. The molecule has 0 aliphatic carbocycles. The summed E-state index contributed by atoms with van der Waals surface area (Å²) in [4.78, 5) is 35.5. The molecule has 0 bridgehead atoms. The second-order valence-electron chi connectivity index (χ2n) is 7.51. The highest BCUT2D eigenvalue weighted by molar-refractivity contribution is 5.86. The summed E-state index contributed by atoms with van der Waals surface area (Å²) in [5.74, 6) is -0.750. The molecule has 0 saturated carbocycles. The van der Waals surface area contributed by atoms with Crippen LogP contribution in [-0.4, -0.2) is 30.5 Å². The molecule has 2 aromatic rings. The van der Waals surface area contributed by atoms with Crippen LogP contribution in [0.4, 0.5) is 4.79 Å². The predicted molar refractivity (Wildman–Crippen MR) is 119 cm³/mol. The van der Waals surface area contributed by atoms with E-state index in [4.69, 9.17) is 10.5 Å². The third kappa shape index (κ3) is 9.80. The molecule has 0 unspecified atom stereocenters. The van der Waals surface area contributed by atoms with Crippen molar-refractivity contribution >= 4 is 17.9 Å². The van der Waals surface area contributed by atoms with E-state index in [1.165, 1.54) is 0 Å². The molecule has 0 fully saturated rings. The fraction of sp³-hybridized carbons (Fsp3) is 0.375. The molecule has 2 aromatic carbocycles. The molecule has 0 aromatic heterocycles. The van der Waals surface area contributed by atoms with Crippen LogP contribution >= 0.6 is 0 Å². The van der Waals surface area contributed by atoms with Crippen molar-refractivity contribution in [1.82, 2.24) is 10.6 Å². The minimum absolute atomic E-state index is 0.202. The summed E-state index contributed by atoms with van der Waals surface area (Å²) in [7, 11) is 0. The summed E-state index contributed by atoms with van der Waals surface area (Å²) in [5.41, 5.74) is 8.42. The molecule has 4 N–H and O–H groups in total. The van der Waals surface area contributed by atoms with E-state index < -0.39 is 18.0 Å². The van der Waals surface area contributed by atoms with Gasteiger partial charge in [0.1, 0.15) is 12.6 Å². The largest absolute Gasteiger partial charge is 0.445 e. The van der Waals surface area contributed by atoms with Crippen LogP contribution in [-0.2, 0) is 27.4 Å². The van der Waals surface area contributed by atoms with Gasteiger partial charge >= 0.3 is 6.09 Å². The number of ether oxygens (including phenoxy) is 1. The number of benzene rings is 2. The summed E-state index contributed by atoms with van der Waals surface area (Å²) in [6.45, 7) is 2.68. The number of carbonyl (C=O) groups excluding carboxylic acids is 3. The van der Waals surface area contributed by atoms with E-state index in [-0.39, 0.29) is 12.5 Å². The summed E-state index contributed by atoms with van der Waals surface area (Å²) >= 11 is 0. The average molecular weight is 426 g/mol. The van der Waals surface area contributed by atoms with E-state index in [1.54, 1.807) is 0 Å². The highest BCUT2D eigenvalue weighted by atomic mass is 16.5. The number of aryl methyl sites for hydroxylation is 1. The SMILES string of the molecule is Cc1cccc(C[C@H](NC(=O)CCCCCNC(=O)OCc2ccccc2)C(N)=O)c1. The molecule has 3 amide bonds. The van der Waals surface area contributed by atoms with Gasteiger partial charge in [-0.2, -0.15) is 0 Å². The first kappa shape index (κ1) is 23.9. The molecule has 7 nitrogen and oxygen atoms in total. The van der Waals surface area contributed by atoms with Crippen LogP contribution in [0, 0.1) is 6.92 Å². The van der Waals surface area contributed by atoms with E-state index in [2.05, 4.69) is 10.6 Å². The van der Waals surface area contributed by atoms with Gasteiger partial charge < -0.3 is 21.1 Å². The van der Waals surface area contributed by atoms with Crippen molar-refractivity contribution in [1.29, 1.82) is 0 Å². The van der Waals surface area contributed by atoms with Crippen molar-refractivity contribution in [2.24, 2.45) is 5.73 Å². The zero-order valence-corrected chi connectivity index (χ0v) is 17.9. The normalized spacial score (nSPS) is 11.4. The quantitative estimate of drug-likeness (QED) is 0.454. The van der Waals surface area contributed by atoms with Crippen LogP contribution in [0.15, 0.2) is 54.6 Å². The maximum Gasteiger partial charge on any atom is 0.407 e. The van der Waals surface area contributed by atoms with Crippen LogP contribution in [0.1, 0.15) is 42.4 Å². The minimum atomic E-state index is -0.727.